The number of nitrogens with one attached hydrogen (secondary N) is 1. The van der Waals surface area contributed by atoms with Crippen LogP contribution in [0, 0.1) is 6.92 Å². The molecule has 2 aliphatic rings. The molecule has 3 heterocycles. The van der Waals surface area contributed by atoms with Crippen LogP contribution in [0.15, 0.2) is 41.9 Å². The third kappa shape index (κ3) is 2.75. The first-order valence-electron chi connectivity index (χ1n) is 8.69. The predicted molar refractivity (Wildman–Crippen MR) is 96.6 cm³/mol. The van der Waals surface area contributed by atoms with Crippen molar-refractivity contribution in [2.75, 3.05) is 20.1 Å². The van der Waals surface area contributed by atoms with Crippen molar-refractivity contribution in [2.24, 2.45) is 0 Å². The Hall–Kier alpha value is -2.07. The zero-order chi connectivity index (χ0) is 16.7. The fourth-order valence-corrected chi connectivity index (χ4v) is 3.91. The van der Waals surface area contributed by atoms with Crippen LogP contribution in [0.1, 0.15) is 23.2 Å². The fourth-order valence-electron chi connectivity index (χ4n) is 3.91. The number of aromatic nitrogens is 1. The van der Waals surface area contributed by atoms with E-state index in [0.29, 0.717) is 6.54 Å². The lowest BCUT2D eigenvalue weighted by Gasteiger charge is -2.24. The molecule has 0 fully saturated rings. The molecular weight excluding hydrogens is 301 g/mol. The summed E-state index contributed by atoms with van der Waals surface area (Å²) in [7, 11) is 2.19. The van der Waals surface area contributed by atoms with Crippen molar-refractivity contribution >= 4 is 10.9 Å². The van der Waals surface area contributed by atoms with Gasteiger partial charge in [0.1, 0.15) is 5.83 Å². The zero-order valence-electron chi connectivity index (χ0n) is 14.4. The molecule has 0 atom stereocenters. The van der Waals surface area contributed by atoms with E-state index in [2.05, 4.69) is 47.0 Å². The van der Waals surface area contributed by atoms with E-state index in [1.807, 2.05) is 6.20 Å². The second-order valence-electron chi connectivity index (χ2n) is 7.03. The van der Waals surface area contributed by atoms with Gasteiger partial charge < -0.3 is 14.8 Å². The van der Waals surface area contributed by atoms with Gasteiger partial charge in [-0.1, -0.05) is 11.6 Å². The number of nitrogens with zero attached hydrogens (tertiary/aromatic N) is 2. The van der Waals surface area contributed by atoms with Crippen molar-refractivity contribution in [3.8, 4) is 0 Å². The van der Waals surface area contributed by atoms with Crippen LogP contribution in [-0.2, 0) is 19.5 Å². The molecule has 1 N–H and O–H groups in total. The van der Waals surface area contributed by atoms with E-state index in [4.69, 9.17) is 0 Å². The van der Waals surface area contributed by atoms with Gasteiger partial charge in [0.05, 0.1) is 6.54 Å². The fraction of sp³-hybridized carbons (Fsp3) is 0.400. The van der Waals surface area contributed by atoms with Crippen LogP contribution in [0.3, 0.4) is 0 Å². The molecule has 1 aromatic heterocycles. The number of allylic oxidation sites excluding steroid dienone is 2. The van der Waals surface area contributed by atoms with Gasteiger partial charge in [-0.25, -0.2) is 4.39 Å². The summed E-state index contributed by atoms with van der Waals surface area (Å²) in [5.74, 6) is -0.0795. The minimum Gasteiger partial charge on any atom is -0.384 e. The number of hydrogen-bond donors (Lipinski definition) is 1. The highest BCUT2D eigenvalue weighted by molar-refractivity contribution is 5.86. The van der Waals surface area contributed by atoms with Gasteiger partial charge in [0.2, 0.25) is 0 Å². The normalized spacial score (nSPS) is 18.1. The van der Waals surface area contributed by atoms with Crippen molar-refractivity contribution in [1.29, 1.82) is 0 Å². The Kier molecular flexibility index (Phi) is 3.93. The molecule has 0 radical (unpaired) electrons. The van der Waals surface area contributed by atoms with Gasteiger partial charge in [0.15, 0.2) is 0 Å². The number of rotatable bonds is 3. The number of likely N-dealkylation sites (N-methyl/N-ethyl adjacent to an activating group) is 1. The molecule has 0 saturated carbocycles. The Bertz CT molecular complexity index is 844. The van der Waals surface area contributed by atoms with Gasteiger partial charge in [0.25, 0.3) is 0 Å². The van der Waals surface area contributed by atoms with Crippen LogP contribution in [0.5, 0.6) is 0 Å². The van der Waals surface area contributed by atoms with Gasteiger partial charge in [-0.05, 0) is 49.7 Å². The minimum absolute atomic E-state index is 0.0795. The molecule has 0 unspecified atom stereocenters. The van der Waals surface area contributed by atoms with E-state index in [1.165, 1.54) is 27.7 Å². The van der Waals surface area contributed by atoms with Crippen LogP contribution in [0.2, 0.25) is 0 Å². The highest BCUT2D eigenvalue weighted by atomic mass is 19.1. The molecule has 4 rings (SSSR count). The lowest BCUT2D eigenvalue weighted by Crippen LogP contribution is -2.27. The summed E-state index contributed by atoms with van der Waals surface area (Å²) >= 11 is 0. The maximum Gasteiger partial charge on any atom is 0.119 e. The predicted octanol–water partition coefficient (Wildman–Crippen LogP) is 3.67. The van der Waals surface area contributed by atoms with Crippen LogP contribution in [0.4, 0.5) is 4.39 Å². The summed E-state index contributed by atoms with van der Waals surface area (Å²) in [5, 5.41) is 4.39. The number of dihydropyridines is 1. The Morgan fingerprint density at radius 3 is 3.00 bits per heavy atom. The topological polar surface area (TPSA) is 20.2 Å². The summed E-state index contributed by atoms with van der Waals surface area (Å²) < 4.78 is 15.9. The van der Waals surface area contributed by atoms with Crippen molar-refractivity contribution in [2.45, 2.75) is 32.9 Å². The van der Waals surface area contributed by atoms with E-state index in [-0.39, 0.29) is 5.83 Å². The molecule has 0 bridgehead atoms. The van der Waals surface area contributed by atoms with Crippen molar-refractivity contribution in [1.82, 2.24) is 14.8 Å². The molecule has 126 valence electrons. The average molecular weight is 325 g/mol. The summed E-state index contributed by atoms with van der Waals surface area (Å²) in [6.07, 6.45) is 5.55. The molecule has 2 aliphatic heterocycles. The highest BCUT2D eigenvalue weighted by Crippen LogP contribution is 2.32. The third-order valence-electron chi connectivity index (χ3n) is 5.12. The second kappa shape index (κ2) is 6.10. The summed E-state index contributed by atoms with van der Waals surface area (Å²) in [6.45, 7) is 5.48. The lowest BCUT2D eigenvalue weighted by atomic mass is 10.0. The maximum absolute atomic E-state index is 13.5. The largest absolute Gasteiger partial charge is 0.384 e. The molecule has 24 heavy (non-hydrogen) atoms. The molecule has 0 aliphatic carbocycles. The number of hydrogen-bond acceptors (Lipinski definition) is 2. The van der Waals surface area contributed by atoms with E-state index in [9.17, 15) is 4.39 Å². The Labute approximate surface area is 142 Å². The second-order valence-corrected chi connectivity index (χ2v) is 7.03. The first-order chi connectivity index (χ1) is 11.6. The Morgan fingerprint density at radius 1 is 1.29 bits per heavy atom. The van der Waals surface area contributed by atoms with Crippen molar-refractivity contribution in [3.05, 3.63) is 58.7 Å². The number of halogens is 1. The molecule has 0 saturated heterocycles. The average Bonchev–Trinajstić information content (AvgIpc) is 2.85. The van der Waals surface area contributed by atoms with Crippen LogP contribution in [-0.4, -0.2) is 29.6 Å². The van der Waals surface area contributed by atoms with Gasteiger partial charge in [-0.3, -0.25) is 0 Å². The van der Waals surface area contributed by atoms with E-state index < -0.39 is 0 Å². The molecular formula is C20H24FN3. The van der Waals surface area contributed by atoms with Gasteiger partial charge in [-0.15, -0.1) is 0 Å². The van der Waals surface area contributed by atoms with Gasteiger partial charge in [-0.2, -0.15) is 0 Å². The monoisotopic (exact) mass is 325 g/mol. The van der Waals surface area contributed by atoms with E-state index >= 15 is 0 Å². The summed E-state index contributed by atoms with van der Waals surface area (Å²) in [5.41, 5.74) is 6.59. The molecule has 2 aromatic rings. The van der Waals surface area contributed by atoms with Gasteiger partial charge >= 0.3 is 0 Å². The first kappa shape index (κ1) is 15.5. The number of benzene rings is 1. The first-order valence-corrected chi connectivity index (χ1v) is 8.69. The van der Waals surface area contributed by atoms with Crippen molar-refractivity contribution < 1.29 is 4.39 Å². The minimum atomic E-state index is -0.0795. The Balaban J connectivity index is 1.71. The van der Waals surface area contributed by atoms with Crippen LogP contribution < -0.4 is 5.32 Å². The number of fused-ring (bicyclic) bond motifs is 3. The molecule has 0 amide bonds. The van der Waals surface area contributed by atoms with Crippen LogP contribution >= 0.6 is 0 Å². The Morgan fingerprint density at radius 2 is 2.17 bits per heavy atom. The van der Waals surface area contributed by atoms with Gasteiger partial charge in [0, 0.05) is 48.9 Å². The molecule has 0 spiro atoms. The van der Waals surface area contributed by atoms with E-state index in [0.717, 1.165) is 38.0 Å². The molecule has 4 heteroatoms. The molecule has 3 nitrogen and oxygen atoms in total. The smallest absolute Gasteiger partial charge is 0.119 e. The van der Waals surface area contributed by atoms with Crippen LogP contribution in [0.25, 0.3) is 10.9 Å². The summed E-state index contributed by atoms with van der Waals surface area (Å²) in [4.78, 5) is 2.39. The number of aryl methyl sites for hydroxylation is 2. The molecule has 1 aromatic carbocycles. The third-order valence-corrected chi connectivity index (χ3v) is 5.12. The zero-order valence-corrected chi connectivity index (χ0v) is 14.4. The quantitative estimate of drug-likeness (QED) is 0.929. The van der Waals surface area contributed by atoms with Crippen molar-refractivity contribution in [3.63, 3.8) is 0 Å². The standard InChI is InChI=1S/C20H24FN3/c1-14-3-4-19-17(9-14)18-13-23(2)7-6-20(18)24(19)8-5-15-10-16(21)12-22-11-15/h3-4,9-11,22H,5-8,12-13H2,1-2H3. The maximum atomic E-state index is 13.5. The SMILES string of the molecule is Cc1ccc2c(c1)c1c(n2CCC2=CNCC(F)=C2)CCN(C)C1. The van der Waals surface area contributed by atoms with E-state index in [1.54, 1.807) is 6.08 Å². The highest BCUT2D eigenvalue weighted by Gasteiger charge is 2.22. The lowest BCUT2D eigenvalue weighted by molar-refractivity contribution is 0.309. The summed E-state index contributed by atoms with van der Waals surface area (Å²) in [6, 6.07) is 6.74.